The third kappa shape index (κ3) is 2.41. The molecule has 19 heavy (non-hydrogen) atoms. The van der Waals surface area contributed by atoms with Gasteiger partial charge in [-0.3, -0.25) is 0 Å². The van der Waals surface area contributed by atoms with Crippen LogP contribution in [0.2, 0.25) is 0 Å². The number of nitrogens with zero attached hydrogens (tertiary/aromatic N) is 6. The molecule has 0 radical (unpaired) electrons. The Morgan fingerprint density at radius 2 is 2.21 bits per heavy atom. The third-order valence-electron chi connectivity index (χ3n) is 2.78. The minimum absolute atomic E-state index is 0.742. The monoisotopic (exact) mass is 274 g/mol. The van der Waals surface area contributed by atoms with Crippen molar-refractivity contribution in [2.75, 3.05) is 0 Å². The van der Waals surface area contributed by atoms with Crippen LogP contribution in [0.1, 0.15) is 17.6 Å². The van der Waals surface area contributed by atoms with E-state index in [0.29, 0.717) is 0 Å². The van der Waals surface area contributed by atoms with Crippen molar-refractivity contribution in [3.63, 3.8) is 0 Å². The van der Waals surface area contributed by atoms with Crippen LogP contribution in [0.4, 0.5) is 0 Å². The predicted octanol–water partition coefficient (Wildman–Crippen LogP) is 1.97. The molecule has 98 valence electrons. The Bertz CT molecular complexity index is 666. The fraction of sp³-hybridized carbons (Fsp3) is 0.333. The van der Waals surface area contributed by atoms with Crippen LogP contribution in [-0.2, 0) is 13.1 Å². The Balaban J connectivity index is 1.86. The maximum Gasteiger partial charge on any atom is 0.135 e. The van der Waals surface area contributed by atoms with E-state index in [2.05, 4.69) is 20.2 Å². The molecule has 3 aromatic heterocycles. The van der Waals surface area contributed by atoms with Gasteiger partial charge >= 0.3 is 0 Å². The van der Waals surface area contributed by atoms with Crippen molar-refractivity contribution in [2.45, 2.75) is 26.9 Å². The fourth-order valence-electron chi connectivity index (χ4n) is 1.84. The standard InChI is InChI=1S/C12H14N6S/c1-3-18-15-9(2)12(16-18)10-7-19-11(14-10)6-17-5-4-13-8-17/h4-5,7-8H,3,6H2,1-2H3. The lowest BCUT2D eigenvalue weighted by molar-refractivity contribution is 0.567. The van der Waals surface area contributed by atoms with Crippen molar-refractivity contribution >= 4 is 11.3 Å². The molecule has 0 aliphatic rings. The van der Waals surface area contributed by atoms with Crippen molar-refractivity contribution in [3.8, 4) is 11.4 Å². The van der Waals surface area contributed by atoms with Crippen LogP contribution in [0, 0.1) is 6.92 Å². The highest BCUT2D eigenvalue weighted by molar-refractivity contribution is 7.09. The van der Waals surface area contributed by atoms with Gasteiger partial charge in [-0.15, -0.1) is 11.3 Å². The molecule has 0 N–H and O–H groups in total. The molecule has 3 heterocycles. The first-order valence-corrected chi connectivity index (χ1v) is 6.96. The van der Waals surface area contributed by atoms with Crippen LogP contribution < -0.4 is 0 Å². The quantitative estimate of drug-likeness (QED) is 0.730. The molecule has 0 saturated carbocycles. The first-order chi connectivity index (χ1) is 9.26. The molecule has 0 aromatic carbocycles. The lowest BCUT2D eigenvalue weighted by atomic mass is 10.3. The molecule has 0 unspecified atom stereocenters. The number of rotatable bonds is 4. The maximum absolute atomic E-state index is 4.62. The predicted molar refractivity (Wildman–Crippen MR) is 72.9 cm³/mol. The van der Waals surface area contributed by atoms with Crippen molar-refractivity contribution in [1.29, 1.82) is 0 Å². The summed E-state index contributed by atoms with van der Waals surface area (Å²) in [7, 11) is 0. The average molecular weight is 274 g/mol. The van der Waals surface area contributed by atoms with Gasteiger partial charge < -0.3 is 4.57 Å². The van der Waals surface area contributed by atoms with Gasteiger partial charge in [-0.1, -0.05) is 0 Å². The molecule has 3 rings (SSSR count). The zero-order valence-electron chi connectivity index (χ0n) is 10.8. The second kappa shape index (κ2) is 4.93. The Labute approximate surface area is 114 Å². The van der Waals surface area contributed by atoms with Gasteiger partial charge in [0.15, 0.2) is 0 Å². The van der Waals surface area contributed by atoms with Gasteiger partial charge in [-0.25, -0.2) is 9.97 Å². The summed E-state index contributed by atoms with van der Waals surface area (Å²) in [6.07, 6.45) is 5.49. The zero-order valence-corrected chi connectivity index (χ0v) is 11.6. The summed E-state index contributed by atoms with van der Waals surface area (Å²) < 4.78 is 2.00. The summed E-state index contributed by atoms with van der Waals surface area (Å²) in [4.78, 5) is 10.3. The van der Waals surface area contributed by atoms with E-state index in [-0.39, 0.29) is 0 Å². The molecule has 0 aliphatic carbocycles. The minimum Gasteiger partial charge on any atom is -0.331 e. The largest absolute Gasteiger partial charge is 0.331 e. The molecule has 0 saturated heterocycles. The van der Waals surface area contributed by atoms with E-state index < -0.39 is 0 Å². The lowest BCUT2D eigenvalue weighted by Crippen LogP contribution is -1.98. The Morgan fingerprint density at radius 1 is 1.32 bits per heavy atom. The smallest absolute Gasteiger partial charge is 0.135 e. The SMILES string of the molecule is CCn1nc(C)c(-c2csc(Cn3ccnc3)n2)n1. The van der Waals surface area contributed by atoms with E-state index in [1.54, 1.807) is 28.7 Å². The van der Waals surface area contributed by atoms with Gasteiger partial charge in [0.2, 0.25) is 0 Å². The summed E-state index contributed by atoms with van der Waals surface area (Å²) in [6, 6.07) is 0. The highest BCUT2D eigenvalue weighted by Gasteiger charge is 2.12. The van der Waals surface area contributed by atoms with Crippen LogP contribution in [-0.4, -0.2) is 29.5 Å². The Hall–Kier alpha value is -2.02. The summed E-state index contributed by atoms with van der Waals surface area (Å²) >= 11 is 1.63. The van der Waals surface area contributed by atoms with E-state index in [0.717, 1.165) is 35.2 Å². The summed E-state index contributed by atoms with van der Waals surface area (Å²) in [6.45, 7) is 5.50. The second-order valence-electron chi connectivity index (χ2n) is 4.18. The van der Waals surface area contributed by atoms with Crippen molar-refractivity contribution in [3.05, 3.63) is 34.8 Å². The van der Waals surface area contributed by atoms with Gasteiger partial charge in [0.05, 0.1) is 25.1 Å². The van der Waals surface area contributed by atoms with Crippen molar-refractivity contribution in [2.24, 2.45) is 0 Å². The second-order valence-corrected chi connectivity index (χ2v) is 5.13. The minimum atomic E-state index is 0.742. The first-order valence-electron chi connectivity index (χ1n) is 6.08. The van der Waals surface area contributed by atoms with Crippen LogP contribution in [0.5, 0.6) is 0 Å². The maximum atomic E-state index is 4.62. The van der Waals surface area contributed by atoms with Gasteiger partial charge in [0.1, 0.15) is 16.4 Å². The van der Waals surface area contributed by atoms with E-state index in [9.17, 15) is 0 Å². The molecule has 0 fully saturated rings. The van der Waals surface area contributed by atoms with Gasteiger partial charge in [-0.05, 0) is 13.8 Å². The molecule has 0 bridgehead atoms. The van der Waals surface area contributed by atoms with E-state index in [1.807, 2.05) is 30.0 Å². The number of aryl methyl sites for hydroxylation is 2. The van der Waals surface area contributed by atoms with E-state index in [1.165, 1.54) is 0 Å². The van der Waals surface area contributed by atoms with Crippen LogP contribution in [0.25, 0.3) is 11.4 Å². The molecule has 0 atom stereocenters. The molecular formula is C12H14N6S. The number of aromatic nitrogens is 6. The lowest BCUT2D eigenvalue weighted by Gasteiger charge is -1.96. The van der Waals surface area contributed by atoms with Crippen molar-refractivity contribution in [1.82, 2.24) is 29.5 Å². The van der Waals surface area contributed by atoms with Gasteiger partial charge in [0.25, 0.3) is 0 Å². The number of hydrogen-bond acceptors (Lipinski definition) is 5. The number of imidazole rings is 1. The topological polar surface area (TPSA) is 61.4 Å². The Morgan fingerprint density at radius 3 is 2.89 bits per heavy atom. The summed E-state index contributed by atoms with van der Waals surface area (Å²) in [5.74, 6) is 0. The van der Waals surface area contributed by atoms with Crippen LogP contribution >= 0.6 is 11.3 Å². The molecule has 7 heteroatoms. The van der Waals surface area contributed by atoms with Gasteiger partial charge in [0, 0.05) is 17.8 Å². The molecule has 0 aliphatic heterocycles. The first kappa shape index (κ1) is 12.0. The highest BCUT2D eigenvalue weighted by atomic mass is 32.1. The van der Waals surface area contributed by atoms with Crippen LogP contribution in [0.15, 0.2) is 24.1 Å². The molecule has 3 aromatic rings. The highest BCUT2D eigenvalue weighted by Crippen LogP contribution is 2.22. The zero-order chi connectivity index (χ0) is 13.2. The third-order valence-corrected chi connectivity index (χ3v) is 3.61. The van der Waals surface area contributed by atoms with Crippen LogP contribution in [0.3, 0.4) is 0 Å². The molecule has 0 spiro atoms. The average Bonchev–Trinajstić information content (AvgIpc) is 3.10. The molecule has 0 amide bonds. The summed E-state index contributed by atoms with van der Waals surface area (Å²) in [5.41, 5.74) is 2.69. The number of hydrogen-bond donors (Lipinski definition) is 0. The summed E-state index contributed by atoms with van der Waals surface area (Å²) in [5, 5.41) is 11.9. The van der Waals surface area contributed by atoms with Crippen molar-refractivity contribution < 1.29 is 0 Å². The van der Waals surface area contributed by atoms with E-state index >= 15 is 0 Å². The normalized spacial score (nSPS) is 11.1. The number of thiazole rings is 1. The molecule has 6 nitrogen and oxygen atoms in total. The fourth-order valence-corrected chi connectivity index (χ4v) is 2.62. The Kier molecular flexibility index (Phi) is 3.12. The molecular weight excluding hydrogens is 260 g/mol. The van der Waals surface area contributed by atoms with Gasteiger partial charge in [-0.2, -0.15) is 15.0 Å². The van der Waals surface area contributed by atoms with E-state index in [4.69, 9.17) is 0 Å².